The van der Waals surface area contributed by atoms with Gasteiger partial charge in [-0.2, -0.15) is 0 Å². The molecule has 2 aliphatic heterocycles. The van der Waals surface area contributed by atoms with Crippen LogP contribution in [0.4, 0.5) is 0 Å². The first-order valence-electron chi connectivity index (χ1n) is 11.9. The molecule has 1 N–H and O–H groups in total. The van der Waals surface area contributed by atoms with Gasteiger partial charge in [0.25, 0.3) is 5.56 Å². The van der Waals surface area contributed by atoms with E-state index in [2.05, 4.69) is 53.1 Å². The Kier molecular flexibility index (Phi) is 5.60. The summed E-state index contributed by atoms with van der Waals surface area (Å²) in [4.78, 5) is 18.9. The van der Waals surface area contributed by atoms with Crippen LogP contribution in [-0.4, -0.2) is 56.4 Å². The molecule has 2 aliphatic rings. The summed E-state index contributed by atoms with van der Waals surface area (Å²) in [6.07, 6.45) is 3.14. The summed E-state index contributed by atoms with van der Waals surface area (Å²) < 4.78 is 13.4. The van der Waals surface area contributed by atoms with Gasteiger partial charge in [-0.15, -0.1) is 5.10 Å². The van der Waals surface area contributed by atoms with Crippen LogP contribution < -0.4 is 15.0 Å². The molecule has 5 rings (SSSR count). The van der Waals surface area contributed by atoms with Gasteiger partial charge in [0.05, 0.1) is 11.1 Å². The number of nitrogens with one attached hydrogen (secondary N) is 1. The van der Waals surface area contributed by atoms with Gasteiger partial charge in [-0.25, -0.2) is 4.68 Å². The number of rotatable bonds is 5. The van der Waals surface area contributed by atoms with E-state index in [0.717, 1.165) is 36.8 Å². The number of hydrogen-bond donors (Lipinski definition) is 1. The first kappa shape index (κ1) is 21.9. The molecule has 176 valence electrons. The predicted octanol–water partition coefficient (Wildman–Crippen LogP) is 3.25. The van der Waals surface area contributed by atoms with Crippen LogP contribution in [0.25, 0.3) is 10.9 Å². The fourth-order valence-electron chi connectivity index (χ4n) is 4.87. The fourth-order valence-corrected chi connectivity index (χ4v) is 4.87. The van der Waals surface area contributed by atoms with Crippen molar-refractivity contribution in [2.24, 2.45) is 5.92 Å². The number of piperidine rings is 1. The van der Waals surface area contributed by atoms with Crippen molar-refractivity contribution >= 4 is 10.9 Å². The number of fused-ring (bicyclic) bond motifs is 2. The van der Waals surface area contributed by atoms with Crippen molar-refractivity contribution in [1.29, 1.82) is 0 Å². The molecule has 0 bridgehead atoms. The number of ether oxygens (including phenoxy) is 2. The third-order valence-electron chi connectivity index (χ3n) is 7.06. The zero-order valence-electron chi connectivity index (χ0n) is 19.8. The van der Waals surface area contributed by atoms with Gasteiger partial charge < -0.3 is 14.5 Å². The summed E-state index contributed by atoms with van der Waals surface area (Å²) in [6.45, 7) is 11.4. The van der Waals surface area contributed by atoms with E-state index in [-0.39, 0.29) is 17.1 Å². The lowest BCUT2D eigenvalue weighted by Gasteiger charge is -2.37. The van der Waals surface area contributed by atoms with E-state index >= 15 is 0 Å². The predicted molar refractivity (Wildman–Crippen MR) is 125 cm³/mol. The Balaban J connectivity index is 1.68. The molecule has 9 heteroatoms. The maximum Gasteiger partial charge on any atom is 0.253 e. The number of likely N-dealkylation sites (tertiary alicyclic amines) is 1. The van der Waals surface area contributed by atoms with E-state index in [1.165, 1.54) is 6.42 Å². The maximum atomic E-state index is 13.5. The monoisotopic (exact) mass is 452 g/mol. The molecule has 0 unspecified atom stereocenters. The number of aromatic nitrogens is 5. The van der Waals surface area contributed by atoms with Crippen LogP contribution >= 0.6 is 0 Å². The topological polar surface area (TPSA) is 98.2 Å². The van der Waals surface area contributed by atoms with E-state index in [9.17, 15) is 4.79 Å². The summed E-state index contributed by atoms with van der Waals surface area (Å²) in [5, 5.41) is 13.7. The highest BCUT2D eigenvalue weighted by molar-refractivity contribution is 5.83. The Labute approximate surface area is 193 Å². The van der Waals surface area contributed by atoms with Crippen LogP contribution in [0.15, 0.2) is 23.0 Å². The van der Waals surface area contributed by atoms with Gasteiger partial charge in [-0.3, -0.25) is 9.69 Å². The third-order valence-corrected chi connectivity index (χ3v) is 7.06. The minimum atomic E-state index is -0.338. The molecular formula is C24H32N6O3. The number of H-pyrrole nitrogens is 1. The van der Waals surface area contributed by atoms with Crippen molar-refractivity contribution in [2.75, 3.05) is 26.3 Å². The lowest BCUT2D eigenvalue weighted by molar-refractivity contribution is 0.135. The summed E-state index contributed by atoms with van der Waals surface area (Å²) >= 11 is 0. The average molecular weight is 453 g/mol. The third kappa shape index (κ3) is 3.99. The number of pyridine rings is 1. The minimum absolute atomic E-state index is 0.133. The summed E-state index contributed by atoms with van der Waals surface area (Å²) in [5.41, 5.74) is 0.974. The van der Waals surface area contributed by atoms with Crippen molar-refractivity contribution < 1.29 is 9.47 Å². The molecule has 1 saturated heterocycles. The Morgan fingerprint density at radius 3 is 2.70 bits per heavy atom. The molecule has 0 spiro atoms. The maximum absolute atomic E-state index is 13.5. The molecule has 4 heterocycles. The molecule has 9 nitrogen and oxygen atoms in total. The fraction of sp³-hybridized carbons (Fsp3) is 0.583. The summed E-state index contributed by atoms with van der Waals surface area (Å²) in [5.74, 6) is 2.61. The minimum Gasteiger partial charge on any atom is -0.486 e. The normalized spacial score (nSPS) is 20.2. The lowest BCUT2D eigenvalue weighted by atomic mass is 9.94. The molecule has 1 fully saturated rings. The van der Waals surface area contributed by atoms with Gasteiger partial charge >= 0.3 is 0 Å². The first-order valence-corrected chi connectivity index (χ1v) is 11.9. The van der Waals surface area contributed by atoms with Crippen LogP contribution in [0.5, 0.6) is 11.5 Å². The molecule has 0 amide bonds. The largest absolute Gasteiger partial charge is 0.486 e. The van der Waals surface area contributed by atoms with E-state index in [4.69, 9.17) is 9.47 Å². The summed E-state index contributed by atoms with van der Waals surface area (Å²) in [7, 11) is 0. The molecule has 0 saturated carbocycles. The number of aromatic amines is 1. The van der Waals surface area contributed by atoms with Gasteiger partial charge in [0.2, 0.25) is 0 Å². The van der Waals surface area contributed by atoms with Crippen molar-refractivity contribution in [1.82, 2.24) is 30.1 Å². The number of nitrogens with zero attached hydrogens (tertiary/aromatic N) is 5. The number of tetrazole rings is 1. The quantitative estimate of drug-likeness (QED) is 0.634. The first-order chi connectivity index (χ1) is 15.9. The van der Waals surface area contributed by atoms with Crippen LogP contribution in [0, 0.1) is 5.92 Å². The second-order valence-corrected chi connectivity index (χ2v) is 9.90. The van der Waals surface area contributed by atoms with Gasteiger partial charge in [0, 0.05) is 23.6 Å². The summed E-state index contributed by atoms with van der Waals surface area (Å²) in [6, 6.07) is 5.42. The Morgan fingerprint density at radius 1 is 1.21 bits per heavy atom. The van der Waals surface area contributed by atoms with E-state index in [1.54, 1.807) is 0 Å². The zero-order chi connectivity index (χ0) is 23.2. The van der Waals surface area contributed by atoms with Crippen LogP contribution in [0.2, 0.25) is 0 Å². The lowest BCUT2D eigenvalue weighted by Crippen LogP contribution is -2.42. The van der Waals surface area contributed by atoms with Crippen molar-refractivity contribution in [2.45, 2.75) is 58.5 Å². The molecule has 1 aromatic carbocycles. The molecule has 2 atom stereocenters. The van der Waals surface area contributed by atoms with Gasteiger partial charge in [-0.05, 0) is 68.1 Å². The smallest absolute Gasteiger partial charge is 0.253 e. The van der Waals surface area contributed by atoms with Crippen LogP contribution in [-0.2, 0) is 5.54 Å². The molecule has 3 aromatic rings. The highest BCUT2D eigenvalue weighted by atomic mass is 16.6. The highest BCUT2D eigenvalue weighted by Gasteiger charge is 2.35. The number of hydrogen-bond acceptors (Lipinski definition) is 7. The van der Waals surface area contributed by atoms with Crippen molar-refractivity contribution in [3.8, 4) is 11.5 Å². The SMILES string of the molecule is CCC(C)(C)n1nnnc1[C@H](c1cc2cc3c(cc2[nH]c1=O)OCCO3)N1CCC[C@H](C)C1. The standard InChI is InChI=1S/C24H32N6O3/c1-5-24(3,4)30-22(26-27-28-30)21(29-8-6-7-15(2)14-29)17-11-16-12-19-20(33-10-9-32-19)13-18(16)25-23(17)31/h11-13,15,21H,5-10,14H2,1-4H3,(H,25,31)/t15-,21-/m0/s1. The molecule has 0 aliphatic carbocycles. The molecule has 2 aromatic heterocycles. The Hall–Kier alpha value is -2.94. The highest BCUT2D eigenvalue weighted by Crippen LogP contribution is 2.36. The van der Waals surface area contributed by atoms with E-state index in [0.29, 0.717) is 42.0 Å². The van der Waals surface area contributed by atoms with Crippen molar-refractivity contribution in [3.05, 3.63) is 39.9 Å². The Morgan fingerprint density at radius 2 is 1.97 bits per heavy atom. The van der Waals surface area contributed by atoms with Gasteiger partial charge in [-0.1, -0.05) is 13.8 Å². The second-order valence-electron chi connectivity index (χ2n) is 9.90. The van der Waals surface area contributed by atoms with Crippen LogP contribution in [0.1, 0.15) is 64.4 Å². The molecule has 33 heavy (non-hydrogen) atoms. The second kappa shape index (κ2) is 8.44. The molecule has 0 radical (unpaired) electrons. The molecular weight excluding hydrogens is 420 g/mol. The van der Waals surface area contributed by atoms with Crippen LogP contribution in [0.3, 0.4) is 0 Å². The Bertz CT molecular complexity index is 1220. The van der Waals surface area contributed by atoms with Crippen molar-refractivity contribution in [3.63, 3.8) is 0 Å². The zero-order valence-corrected chi connectivity index (χ0v) is 19.8. The average Bonchev–Trinajstić information content (AvgIpc) is 3.29. The van der Waals surface area contributed by atoms with Gasteiger partial charge in [0.1, 0.15) is 19.3 Å². The van der Waals surface area contributed by atoms with Gasteiger partial charge in [0.15, 0.2) is 17.3 Å². The van der Waals surface area contributed by atoms with E-state index in [1.807, 2.05) is 22.9 Å². The number of benzene rings is 1. The van der Waals surface area contributed by atoms with E-state index < -0.39 is 0 Å².